The van der Waals surface area contributed by atoms with E-state index in [1.807, 2.05) is 0 Å². The molecular formula is C7H12OS. The second-order valence-corrected chi connectivity index (χ2v) is 3.81. The quantitative estimate of drug-likeness (QED) is 0.517. The molecule has 0 aromatic carbocycles. The Morgan fingerprint density at radius 1 is 1.56 bits per heavy atom. The van der Waals surface area contributed by atoms with E-state index in [0.717, 1.165) is 24.5 Å². The van der Waals surface area contributed by atoms with Crippen LogP contribution in [0.2, 0.25) is 0 Å². The molecule has 0 saturated carbocycles. The van der Waals surface area contributed by atoms with Crippen molar-refractivity contribution in [3.8, 4) is 0 Å². The molecular weight excluding hydrogens is 132 g/mol. The van der Waals surface area contributed by atoms with Gasteiger partial charge in [0, 0.05) is 12.2 Å². The van der Waals surface area contributed by atoms with Crippen molar-refractivity contribution in [2.24, 2.45) is 5.92 Å². The Kier molecular flexibility index (Phi) is 2.58. The maximum absolute atomic E-state index is 10.8. The zero-order valence-corrected chi connectivity index (χ0v) is 6.54. The molecule has 1 saturated heterocycles. The van der Waals surface area contributed by atoms with Gasteiger partial charge < -0.3 is 0 Å². The topological polar surface area (TPSA) is 17.1 Å². The largest absolute Gasteiger partial charge is 0.287 e. The lowest BCUT2D eigenvalue weighted by Gasteiger charge is -2.01. The molecule has 1 fully saturated rings. The summed E-state index contributed by atoms with van der Waals surface area (Å²) in [6.07, 6.45) is 3.12. The molecule has 9 heavy (non-hydrogen) atoms. The van der Waals surface area contributed by atoms with Gasteiger partial charge >= 0.3 is 0 Å². The van der Waals surface area contributed by atoms with E-state index in [4.69, 9.17) is 0 Å². The molecule has 0 aliphatic carbocycles. The van der Waals surface area contributed by atoms with Crippen LogP contribution in [0.15, 0.2) is 0 Å². The summed E-state index contributed by atoms with van der Waals surface area (Å²) in [7, 11) is 0. The average molecular weight is 144 g/mol. The third kappa shape index (κ3) is 2.39. The minimum absolute atomic E-state index is 0.388. The fraction of sp³-hybridized carbons (Fsp3) is 0.857. The Bertz CT molecular complexity index is 111. The molecule has 0 amide bonds. The predicted molar refractivity (Wildman–Crippen MR) is 40.5 cm³/mol. The van der Waals surface area contributed by atoms with Gasteiger partial charge in [-0.1, -0.05) is 18.7 Å². The van der Waals surface area contributed by atoms with E-state index in [2.05, 4.69) is 6.92 Å². The first-order valence-electron chi connectivity index (χ1n) is 3.44. The summed E-state index contributed by atoms with van der Waals surface area (Å²) in [5.74, 6) is 1.81. The number of carbonyl (C=O) groups excluding carboxylic acids is 1. The van der Waals surface area contributed by atoms with Crippen LogP contribution in [-0.4, -0.2) is 10.9 Å². The van der Waals surface area contributed by atoms with Gasteiger partial charge in [-0.15, -0.1) is 0 Å². The summed E-state index contributed by atoms with van der Waals surface area (Å²) < 4.78 is 0. The minimum atomic E-state index is 0.388. The van der Waals surface area contributed by atoms with Crippen molar-refractivity contribution in [3.63, 3.8) is 0 Å². The van der Waals surface area contributed by atoms with Crippen LogP contribution >= 0.6 is 11.8 Å². The lowest BCUT2D eigenvalue weighted by Crippen LogP contribution is -1.92. The van der Waals surface area contributed by atoms with Crippen molar-refractivity contribution in [1.29, 1.82) is 0 Å². The van der Waals surface area contributed by atoms with Gasteiger partial charge in [0.05, 0.1) is 0 Å². The third-order valence-corrected chi connectivity index (χ3v) is 2.68. The zero-order valence-electron chi connectivity index (χ0n) is 5.72. The maximum atomic E-state index is 10.8. The molecule has 0 aromatic heterocycles. The van der Waals surface area contributed by atoms with Crippen LogP contribution in [0.5, 0.6) is 0 Å². The number of hydrogen-bond acceptors (Lipinski definition) is 2. The Balaban J connectivity index is 2.34. The fourth-order valence-corrected chi connectivity index (χ4v) is 1.96. The molecule has 1 heterocycles. The van der Waals surface area contributed by atoms with Gasteiger partial charge in [0.15, 0.2) is 5.12 Å². The molecule has 0 aromatic rings. The summed E-state index contributed by atoms with van der Waals surface area (Å²) in [5, 5.41) is 0.388. The highest BCUT2D eigenvalue weighted by molar-refractivity contribution is 8.13. The van der Waals surface area contributed by atoms with Crippen LogP contribution in [0, 0.1) is 5.92 Å². The molecule has 1 nitrogen and oxygen atoms in total. The standard InChI is InChI=1S/C7H12OS/c1-6-2-3-7(8)9-5-4-6/h6H,2-5H2,1H3. The second kappa shape index (κ2) is 3.25. The molecule has 0 radical (unpaired) electrons. The zero-order chi connectivity index (χ0) is 6.69. The van der Waals surface area contributed by atoms with Gasteiger partial charge in [0.1, 0.15) is 0 Å². The van der Waals surface area contributed by atoms with Crippen molar-refractivity contribution in [2.75, 3.05) is 5.75 Å². The van der Waals surface area contributed by atoms with Crippen molar-refractivity contribution in [2.45, 2.75) is 26.2 Å². The number of hydrogen-bond donors (Lipinski definition) is 0. The second-order valence-electron chi connectivity index (χ2n) is 2.65. The summed E-state index contributed by atoms with van der Waals surface area (Å²) in [5.41, 5.74) is 0. The van der Waals surface area contributed by atoms with E-state index in [1.165, 1.54) is 18.2 Å². The van der Waals surface area contributed by atoms with Crippen LogP contribution in [0.3, 0.4) is 0 Å². The van der Waals surface area contributed by atoms with Crippen LogP contribution in [0.25, 0.3) is 0 Å². The van der Waals surface area contributed by atoms with Crippen molar-refractivity contribution >= 4 is 16.9 Å². The summed E-state index contributed by atoms with van der Waals surface area (Å²) in [4.78, 5) is 10.8. The van der Waals surface area contributed by atoms with Crippen molar-refractivity contribution in [1.82, 2.24) is 0 Å². The molecule has 52 valence electrons. The Hall–Kier alpha value is 0.0200. The number of rotatable bonds is 0. The first kappa shape index (κ1) is 7.13. The average Bonchev–Trinajstić information content (AvgIpc) is 1.97. The molecule has 1 unspecified atom stereocenters. The van der Waals surface area contributed by atoms with E-state index in [1.54, 1.807) is 0 Å². The summed E-state index contributed by atoms with van der Waals surface area (Å²) in [6, 6.07) is 0. The maximum Gasteiger partial charge on any atom is 0.188 e. The van der Waals surface area contributed by atoms with Gasteiger partial charge in [-0.3, -0.25) is 4.79 Å². The molecule has 1 aliphatic rings. The Morgan fingerprint density at radius 2 is 2.33 bits per heavy atom. The molecule has 2 heteroatoms. The van der Waals surface area contributed by atoms with Crippen LogP contribution in [0.1, 0.15) is 26.2 Å². The van der Waals surface area contributed by atoms with Gasteiger partial charge in [-0.2, -0.15) is 0 Å². The van der Waals surface area contributed by atoms with E-state index >= 15 is 0 Å². The van der Waals surface area contributed by atoms with E-state index in [0.29, 0.717) is 5.12 Å². The highest BCUT2D eigenvalue weighted by Gasteiger charge is 2.12. The first-order chi connectivity index (χ1) is 4.29. The number of carbonyl (C=O) groups is 1. The van der Waals surface area contributed by atoms with Gasteiger partial charge in [0.25, 0.3) is 0 Å². The lowest BCUT2D eigenvalue weighted by atomic mass is 10.0. The van der Waals surface area contributed by atoms with E-state index in [-0.39, 0.29) is 0 Å². The highest BCUT2D eigenvalue weighted by Crippen LogP contribution is 2.22. The van der Waals surface area contributed by atoms with Crippen LogP contribution in [-0.2, 0) is 4.79 Å². The lowest BCUT2D eigenvalue weighted by molar-refractivity contribution is -0.111. The third-order valence-electron chi connectivity index (χ3n) is 1.71. The molecule has 0 spiro atoms. The molecule has 0 N–H and O–H groups in total. The van der Waals surface area contributed by atoms with Gasteiger partial charge in [-0.25, -0.2) is 0 Å². The molecule has 1 aliphatic heterocycles. The number of thioether (sulfide) groups is 1. The smallest absolute Gasteiger partial charge is 0.188 e. The Labute approximate surface area is 60.2 Å². The normalized spacial score (nSPS) is 29.9. The fourth-order valence-electron chi connectivity index (χ4n) is 0.955. The van der Waals surface area contributed by atoms with Gasteiger partial charge in [0.2, 0.25) is 0 Å². The van der Waals surface area contributed by atoms with Crippen LogP contribution < -0.4 is 0 Å². The van der Waals surface area contributed by atoms with Crippen LogP contribution in [0.4, 0.5) is 0 Å². The SMILES string of the molecule is CC1CCSC(=O)CC1. The van der Waals surface area contributed by atoms with E-state index < -0.39 is 0 Å². The van der Waals surface area contributed by atoms with E-state index in [9.17, 15) is 4.79 Å². The van der Waals surface area contributed by atoms with Gasteiger partial charge in [-0.05, 0) is 18.8 Å². The van der Waals surface area contributed by atoms with Crippen molar-refractivity contribution < 1.29 is 4.79 Å². The predicted octanol–water partition coefficient (Wildman–Crippen LogP) is 2.07. The minimum Gasteiger partial charge on any atom is -0.287 e. The Morgan fingerprint density at radius 3 is 3.11 bits per heavy atom. The summed E-state index contributed by atoms with van der Waals surface area (Å²) in [6.45, 7) is 2.22. The molecule has 0 bridgehead atoms. The molecule has 1 atom stereocenters. The monoisotopic (exact) mass is 144 g/mol. The van der Waals surface area contributed by atoms with Crippen molar-refractivity contribution in [3.05, 3.63) is 0 Å². The highest BCUT2D eigenvalue weighted by atomic mass is 32.2. The first-order valence-corrected chi connectivity index (χ1v) is 4.43. The summed E-state index contributed by atoms with van der Waals surface area (Å²) >= 11 is 1.50. The molecule has 1 rings (SSSR count).